The summed E-state index contributed by atoms with van der Waals surface area (Å²) in [6.07, 6.45) is 34.3. The van der Waals surface area contributed by atoms with E-state index in [4.69, 9.17) is 0 Å². The fourth-order valence-electron chi connectivity index (χ4n) is 3.26. The molecule has 0 nitrogen and oxygen atoms in total. The third-order valence-corrected chi connectivity index (χ3v) is 4.39. The summed E-state index contributed by atoms with van der Waals surface area (Å²) in [5.41, 5.74) is 6.59. The molecule has 0 aromatic rings. The van der Waals surface area contributed by atoms with Gasteiger partial charge in [0.05, 0.1) is 0 Å². The lowest BCUT2D eigenvalue weighted by atomic mass is 9.79. The second kappa shape index (κ2) is 5.81. The first-order valence-corrected chi connectivity index (χ1v) is 7.90. The quantitative estimate of drug-likeness (QED) is 0.606. The van der Waals surface area contributed by atoms with Crippen LogP contribution in [-0.4, -0.2) is 0 Å². The predicted molar refractivity (Wildman–Crippen MR) is 92.9 cm³/mol. The van der Waals surface area contributed by atoms with E-state index < -0.39 is 0 Å². The van der Waals surface area contributed by atoms with Crippen LogP contribution in [-0.2, 0) is 0 Å². The Morgan fingerprint density at radius 2 is 1.77 bits per heavy atom. The van der Waals surface area contributed by atoms with Gasteiger partial charge in [-0.15, -0.1) is 0 Å². The summed E-state index contributed by atoms with van der Waals surface area (Å²) >= 11 is 0. The van der Waals surface area contributed by atoms with Gasteiger partial charge in [-0.05, 0) is 35.1 Å². The molecule has 0 heterocycles. The highest BCUT2D eigenvalue weighted by molar-refractivity contribution is 5.60. The van der Waals surface area contributed by atoms with Crippen molar-refractivity contribution in [2.24, 2.45) is 5.92 Å². The van der Waals surface area contributed by atoms with Gasteiger partial charge in [0.2, 0.25) is 0 Å². The van der Waals surface area contributed by atoms with Crippen molar-refractivity contribution in [1.82, 2.24) is 0 Å². The Hall–Kier alpha value is -2.34. The average Bonchev–Trinajstić information content (AvgIpc) is 2.90. The molecule has 4 aliphatic rings. The number of hydrogen-bond acceptors (Lipinski definition) is 0. The summed E-state index contributed by atoms with van der Waals surface area (Å²) in [5, 5.41) is 0. The van der Waals surface area contributed by atoms with Crippen LogP contribution in [0, 0.1) is 12.3 Å². The summed E-state index contributed by atoms with van der Waals surface area (Å²) in [4.78, 5) is 0. The molecule has 22 heavy (non-hydrogen) atoms. The van der Waals surface area contributed by atoms with Crippen molar-refractivity contribution in [2.75, 3.05) is 0 Å². The van der Waals surface area contributed by atoms with Crippen molar-refractivity contribution in [3.8, 4) is 0 Å². The van der Waals surface area contributed by atoms with E-state index in [0.717, 1.165) is 12.8 Å². The Morgan fingerprint density at radius 3 is 2.77 bits per heavy atom. The molecule has 1 unspecified atom stereocenters. The zero-order valence-corrected chi connectivity index (χ0v) is 12.5. The molecule has 0 saturated carbocycles. The first-order valence-electron chi connectivity index (χ1n) is 7.90. The van der Waals surface area contributed by atoms with Crippen LogP contribution in [0.3, 0.4) is 0 Å². The van der Waals surface area contributed by atoms with E-state index in [1.165, 1.54) is 27.9 Å². The van der Waals surface area contributed by atoms with Gasteiger partial charge in [0, 0.05) is 12.3 Å². The van der Waals surface area contributed by atoms with E-state index in [1.54, 1.807) is 0 Å². The molecule has 1 atom stereocenters. The van der Waals surface area contributed by atoms with E-state index in [-0.39, 0.29) is 5.92 Å². The number of hydrogen-bond donors (Lipinski definition) is 0. The van der Waals surface area contributed by atoms with Gasteiger partial charge in [0.25, 0.3) is 0 Å². The van der Waals surface area contributed by atoms with Crippen LogP contribution in [0.5, 0.6) is 0 Å². The van der Waals surface area contributed by atoms with E-state index in [2.05, 4.69) is 85.4 Å². The van der Waals surface area contributed by atoms with Gasteiger partial charge in [-0.3, -0.25) is 0 Å². The van der Waals surface area contributed by atoms with Crippen molar-refractivity contribution < 1.29 is 0 Å². The van der Waals surface area contributed by atoms with Gasteiger partial charge in [0.15, 0.2) is 0 Å². The molecule has 2 radical (unpaired) electrons. The first-order chi connectivity index (χ1) is 10.9. The van der Waals surface area contributed by atoms with Crippen LogP contribution >= 0.6 is 0 Å². The monoisotopic (exact) mass is 282 g/mol. The minimum absolute atomic E-state index is 0.238. The molecule has 106 valence electrons. The van der Waals surface area contributed by atoms with E-state index in [0.29, 0.717) is 0 Å². The Morgan fingerprint density at radius 1 is 0.864 bits per heavy atom. The van der Waals surface area contributed by atoms with Crippen molar-refractivity contribution in [3.05, 3.63) is 113 Å². The summed E-state index contributed by atoms with van der Waals surface area (Å²) in [6.45, 7) is 0. The molecule has 0 bridgehead atoms. The third kappa shape index (κ3) is 2.46. The second-order valence-electron chi connectivity index (χ2n) is 5.81. The van der Waals surface area contributed by atoms with Crippen molar-refractivity contribution in [2.45, 2.75) is 12.8 Å². The molecule has 0 spiro atoms. The van der Waals surface area contributed by atoms with Crippen LogP contribution in [0.15, 0.2) is 107 Å². The molecule has 0 saturated heterocycles. The highest BCUT2D eigenvalue weighted by atomic mass is 14.3. The summed E-state index contributed by atoms with van der Waals surface area (Å²) in [5.74, 6) is 0.238. The summed E-state index contributed by atoms with van der Waals surface area (Å²) < 4.78 is 0. The zero-order valence-electron chi connectivity index (χ0n) is 12.5. The highest BCUT2D eigenvalue weighted by Gasteiger charge is 2.22. The topological polar surface area (TPSA) is 0 Å². The smallest absolute Gasteiger partial charge is 0.0248 e. The Labute approximate surface area is 132 Å². The normalized spacial score (nSPS) is 25.8. The molecule has 4 rings (SSSR count). The van der Waals surface area contributed by atoms with Crippen LogP contribution in [0.2, 0.25) is 0 Å². The standard InChI is InChI=1S/C22H18/c1-2-9-18-10-6-7-13-22(21(18)12-3-1)20-15-14-17-8-4-5-11-19(17)16-20/h1-4,6-10,12-15,20H,5,11H2. The van der Waals surface area contributed by atoms with E-state index in [1.807, 2.05) is 0 Å². The van der Waals surface area contributed by atoms with Crippen molar-refractivity contribution >= 4 is 0 Å². The maximum atomic E-state index is 3.73. The van der Waals surface area contributed by atoms with E-state index in [9.17, 15) is 0 Å². The van der Waals surface area contributed by atoms with Crippen LogP contribution in [0.4, 0.5) is 0 Å². The molecule has 4 aliphatic carbocycles. The predicted octanol–water partition coefficient (Wildman–Crippen LogP) is 5.38. The van der Waals surface area contributed by atoms with Gasteiger partial charge < -0.3 is 0 Å². The molecule has 0 N–H and O–H groups in total. The molecule has 0 fully saturated rings. The van der Waals surface area contributed by atoms with Gasteiger partial charge >= 0.3 is 0 Å². The van der Waals surface area contributed by atoms with Crippen LogP contribution < -0.4 is 0 Å². The van der Waals surface area contributed by atoms with Crippen LogP contribution in [0.25, 0.3) is 0 Å². The third-order valence-electron chi connectivity index (χ3n) is 4.39. The van der Waals surface area contributed by atoms with Gasteiger partial charge in [-0.1, -0.05) is 84.6 Å². The lowest BCUT2D eigenvalue weighted by Crippen LogP contribution is -2.11. The SMILES string of the molecule is [C]1C2=C(C=CCC2)C=CC1C1=C2C=CC=CC=C2C=CC=C1. The minimum Gasteiger partial charge on any atom is -0.0836 e. The van der Waals surface area contributed by atoms with Gasteiger partial charge in [-0.25, -0.2) is 0 Å². The van der Waals surface area contributed by atoms with Crippen molar-refractivity contribution in [3.63, 3.8) is 0 Å². The molecule has 0 heteroatoms. The van der Waals surface area contributed by atoms with Crippen LogP contribution in [0.1, 0.15) is 12.8 Å². The fraction of sp³-hybridized carbons (Fsp3) is 0.136. The maximum absolute atomic E-state index is 3.73. The summed E-state index contributed by atoms with van der Waals surface area (Å²) in [7, 11) is 0. The Bertz CT molecular complexity index is 752. The minimum atomic E-state index is 0.238. The second-order valence-corrected chi connectivity index (χ2v) is 5.81. The lowest BCUT2D eigenvalue weighted by molar-refractivity contribution is 0.837. The summed E-state index contributed by atoms with van der Waals surface area (Å²) in [6, 6.07) is 0. The maximum Gasteiger partial charge on any atom is 0.0248 e. The largest absolute Gasteiger partial charge is 0.0836 e. The average molecular weight is 282 g/mol. The molecule has 0 amide bonds. The lowest BCUT2D eigenvalue weighted by Gasteiger charge is -2.25. The van der Waals surface area contributed by atoms with Gasteiger partial charge in [-0.2, -0.15) is 0 Å². The van der Waals surface area contributed by atoms with Crippen molar-refractivity contribution in [1.29, 1.82) is 0 Å². The molecule has 0 aromatic heterocycles. The Balaban J connectivity index is 1.74. The zero-order chi connectivity index (χ0) is 14.8. The highest BCUT2D eigenvalue weighted by Crippen LogP contribution is 2.37. The first kappa shape index (κ1) is 13.3. The fourth-order valence-corrected chi connectivity index (χ4v) is 3.26. The molecular weight excluding hydrogens is 264 g/mol. The number of allylic oxidation sites excluding steroid dienone is 18. The number of fused-ring (bicyclic) bond motifs is 1. The molecular formula is C22H18. The van der Waals surface area contributed by atoms with E-state index >= 15 is 0 Å². The van der Waals surface area contributed by atoms with Gasteiger partial charge in [0.1, 0.15) is 0 Å². The molecule has 0 aliphatic heterocycles. The number of rotatable bonds is 1. The Kier molecular flexibility index (Phi) is 3.52. The molecule has 0 aromatic carbocycles.